The molecule has 4 nitrogen and oxygen atoms in total. The molecule has 0 aromatic heterocycles. The van der Waals surface area contributed by atoms with Gasteiger partial charge in [0.1, 0.15) is 0 Å². The summed E-state index contributed by atoms with van der Waals surface area (Å²) in [6.45, 7) is 9.42. The van der Waals surface area contributed by atoms with Gasteiger partial charge in [-0.1, -0.05) is 20.8 Å². The maximum absolute atomic E-state index is 11.1. The molecule has 0 saturated carbocycles. The van der Waals surface area contributed by atoms with Crippen molar-refractivity contribution in [2.24, 2.45) is 11.7 Å². The van der Waals surface area contributed by atoms with E-state index in [1.807, 2.05) is 13.8 Å². The predicted molar refractivity (Wildman–Crippen MR) is 61.5 cm³/mol. The summed E-state index contributed by atoms with van der Waals surface area (Å²) in [7, 11) is 0. The molecular weight excluding hydrogens is 192 g/mol. The first-order valence-corrected chi connectivity index (χ1v) is 5.65. The minimum absolute atomic E-state index is 0.183. The van der Waals surface area contributed by atoms with E-state index >= 15 is 0 Å². The van der Waals surface area contributed by atoms with Crippen LogP contribution in [-0.4, -0.2) is 31.2 Å². The minimum atomic E-state index is -0.292. The first kappa shape index (κ1) is 14.4. The fraction of sp³-hybridized carbons (Fsp3) is 0.909. The molecule has 0 heterocycles. The van der Waals surface area contributed by atoms with Crippen molar-refractivity contribution in [1.82, 2.24) is 5.32 Å². The zero-order valence-electron chi connectivity index (χ0n) is 10.2. The number of nitrogens with one attached hydrogen (secondary N) is 1. The third-order valence-corrected chi connectivity index (χ3v) is 2.47. The highest BCUT2D eigenvalue weighted by molar-refractivity contribution is 5.79. The normalized spacial score (nSPS) is 15.3. The second-order valence-electron chi connectivity index (χ2n) is 4.04. The van der Waals surface area contributed by atoms with E-state index in [0.717, 1.165) is 0 Å². The van der Waals surface area contributed by atoms with Crippen LogP contribution in [0.3, 0.4) is 0 Å². The fourth-order valence-electron chi connectivity index (χ4n) is 1.34. The number of hydrogen-bond donors (Lipinski definition) is 2. The average molecular weight is 216 g/mol. The second kappa shape index (κ2) is 7.65. The smallest absolute Gasteiger partial charge is 0.234 e. The van der Waals surface area contributed by atoms with Gasteiger partial charge in [0, 0.05) is 12.6 Å². The van der Waals surface area contributed by atoms with E-state index in [-0.39, 0.29) is 18.0 Å². The molecule has 0 aliphatic carbocycles. The van der Waals surface area contributed by atoms with Crippen molar-refractivity contribution in [1.29, 1.82) is 0 Å². The number of primary amides is 1. The lowest BCUT2D eigenvalue weighted by atomic mass is 10.0. The van der Waals surface area contributed by atoms with Crippen LogP contribution in [0.4, 0.5) is 0 Å². The predicted octanol–water partition coefficient (Wildman–Crippen LogP) is 0.901. The molecule has 0 spiro atoms. The Morgan fingerprint density at radius 2 is 2.00 bits per heavy atom. The average Bonchev–Trinajstić information content (AvgIpc) is 2.17. The van der Waals surface area contributed by atoms with Crippen molar-refractivity contribution < 1.29 is 9.53 Å². The minimum Gasteiger partial charge on any atom is -0.380 e. The number of carbonyl (C=O) groups is 1. The molecule has 2 atom stereocenters. The summed E-state index contributed by atoms with van der Waals surface area (Å²) in [6.07, 6.45) is 0.713. The Morgan fingerprint density at radius 3 is 2.33 bits per heavy atom. The van der Waals surface area contributed by atoms with Crippen molar-refractivity contribution in [3.8, 4) is 0 Å². The first-order valence-electron chi connectivity index (χ1n) is 5.65. The molecule has 3 N–H and O–H groups in total. The number of carbonyl (C=O) groups excluding carboxylic acids is 1. The molecule has 4 heteroatoms. The topological polar surface area (TPSA) is 64.3 Å². The number of ether oxygens (including phenoxy) is 1. The fourth-order valence-corrected chi connectivity index (χ4v) is 1.34. The Balaban J connectivity index is 4.18. The van der Waals surface area contributed by atoms with E-state index in [1.54, 1.807) is 0 Å². The van der Waals surface area contributed by atoms with E-state index in [2.05, 4.69) is 19.2 Å². The van der Waals surface area contributed by atoms with Crippen LogP contribution in [0.2, 0.25) is 0 Å². The van der Waals surface area contributed by atoms with Gasteiger partial charge in [-0.3, -0.25) is 4.79 Å². The summed E-state index contributed by atoms with van der Waals surface area (Å²) < 4.78 is 5.37. The van der Waals surface area contributed by atoms with Gasteiger partial charge in [0.25, 0.3) is 0 Å². The summed E-state index contributed by atoms with van der Waals surface area (Å²) in [5.41, 5.74) is 5.28. The van der Waals surface area contributed by atoms with Crippen molar-refractivity contribution in [3.63, 3.8) is 0 Å². The van der Waals surface area contributed by atoms with Gasteiger partial charge >= 0.3 is 0 Å². The van der Waals surface area contributed by atoms with Crippen LogP contribution in [0.5, 0.6) is 0 Å². The van der Waals surface area contributed by atoms with Crippen LogP contribution in [0, 0.1) is 5.92 Å². The molecule has 1 amide bonds. The van der Waals surface area contributed by atoms with Crippen molar-refractivity contribution >= 4 is 5.91 Å². The van der Waals surface area contributed by atoms with Gasteiger partial charge in [-0.15, -0.1) is 0 Å². The molecule has 0 aromatic rings. The lowest BCUT2D eigenvalue weighted by Crippen LogP contribution is -2.49. The molecule has 0 fully saturated rings. The Bertz CT molecular complexity index is 183. The molecule has 0 rings (SSSR count). The van der Waals surface area contributed by atoms with Crippen LogP contribution < -0.4 is 11.1 Å². The molecule has 0 bridgehead atoms. The summed E-state index contributed by atoms with van der Waals surface area (Å²) in [5, 5.41) is 3.24. The standard InChI is InChI=1S/C11H24N2O2/c1-5-9(11(12)14)13-10(8(3)4)7-15-6-2/h8-10,13H,5-7H2,1-4H3,(H2,12,14). The van der Waals surface area contributed by atoms with Gasteiger partial charge < -0.3 is 15.8 Å². The molecule has 0 saturated heterocycles. The van der Waals surface area contributed by atoms with Crippen LogP contribution >= 0.6 is 0 Å². The second-order valence-corrected chi connectivity index (χ2v) is 4.04. The van der Waals surface area contributed by atoms with Crippen LogP contribution in [0.25, 0.3) is 0 Å². The lowest BCUT2D eigenvalue weighted by Gasteiger charge is -2.26. The maximum Gasteiger partial charge on any atom is 0.234 e. The largest absolute Gasteiger partial charge is 0.380 e. The Labute approximate surface area is 92.6 Å². The van der Waals surface area contributed by atoms with E-state index in [9.17, 15) is 4.79 Å². The quantitative estimate of drug-likeness (QED) is 0.633. The molecular formula is C11H24N2O2. The van der Waals surface area contributed by atoms with E-state index in [4.69, 9.17) is 10.5 Å². The van der Waals surface area contributed by atoms with Crippen molar-refractivity contribution in [2.45, 2.75) is 46.2 Å². The highest BCUT2D eigenvalue weighted by Gasteiger charge is 2.20. The van der Waals surface area contributed by atoms with Crippen LogP contribution in [0.15, 0.2) is 0 Å². The third kappa shape index (κ3) is 5.74. The summed E-state index contributed by atoms with van der Waals surface area (Å²) in [5.74, 6) is 0.129. The maximum atomic E-state index is 11.1. The summed E-state index contributed by atoms with van der Waals surface area (Å²) in [4.78, 5) is 11.1. The molecule has 0 aliphatic rings. The van der Waals surface area contributed by atoms with Gasteiger partial charge in [0.2, 0.25) is 5.91 Å². The molecule has 0 aromatic carbocycles. The van der Waals surface area contributed by atoms with Gasteiger partial charge in [0.05, 0.1) is 12.6 Å². The van der Waals surface area contributed by atoms with Gasteiger partial charge in [0.15, 0.2) is 0 Å². The van der Waals surface area contributed by atoms with E-state index in [1.165, 1.54) is 0 Å². The highest BCUT2D eigenvalue weighted by Crippen LogP contribution is 2.05. The first-order chi connectivity index (χ1) is 7.02. The number of nitrogens with two attached hydrogens (primary N) is 1. The molecule has 0 radical (unpaired) electrons. The molecule has 2 unspecified atom stereocenters. The van der Waals surface area contributed by atoms with Gasteiger partial charge in [-0.05, 0) is 19.3 Å². The van der Waals surface area contributed by atoms with Crippen LogP contribution in [-0.2, 0) is 9.53 Å². The van der Waals surface area contributed by atoms with Crippen molar-refractivity contribution in [2.75, 3.05) is 13.2 Å². The highest BCUT2D eigenvalue weighted by atomic mass is 16.5. The summed E-state index contributed by atoms with van der Waals surface area (Å²) in [6, 6.07) is -0.0692. The Morgan fingerprint density at radius 1 is 1.40 bits per heavy atom. The van der Waals surface area contributed by atoms with E-state index < -0.39 is 0 Å². The van der Waals surface area contributed by atoms with E-state index in [0.29, 0.717) is 25.6 Å². The third-order valence-electron chi connectivity index (χ3n) is 2.47. The Kier molecular flexibility index (Phi) is 7.34. The monoisotopic (exact) mass is 216 g/mol. The molecule has 15 heavy (non-hydrogen) atoms. The molecule has 0 aliphatic heterocycles. The number of amides is 1. The number of hydrogen-bond acceptors (Lipinski definition) is 3. The lowest BCUT2D eigenvalue weighted by molar-refractivity contribution is -0.120. The van der Waals surface area contributed by atoms with Gasteiger partial charge in [-0.2, -0.15) is 0 Å². The zero-order valence-corrected chi connectivity index (χ0v) is 10.2. The SMILES string of the molecule is CCOCC(NC(CC)C(N)=O)C(C)C. The van der Waals surface area contributed by atoms with Gasteiger partial charge in [-0.25, -0.2) is 0 Å². The molecule has 90 valence electrons. The Hall–Kier alpha value is -0.610. The summed E-state index contributed by atoms with van der Waals surface area (Å²) >= 11 is 0. The number of rotatable bonds is 8. The van der Waals surface area contributed by atoms with Crippen molar-refractivity contribution in [3.05, 3.63) is 0 Å². The zero-order chi connectivity index (χ0) is 11.8. The van der Waals surface area contributed by atoms with Crippen LogP contribution in [0.1, 0.15) is 34.1 Å².